The van der Waals surface area contributed by atoms with Crippen molar-refractivity contribution in [2.45, 2.75) is 25.8 Å². The summed E-state index contributed by atoms with van der Waals surface area (Å²) in [7, 11) is 0. The average molecular weight is 124 g/mol. The first-order valence-corrected chi connectivity index (χ1v) is 3.29. The van der Waals surface area contributed by atoms with Gasteiger partial charge in [-0.3, -0.25) is 5.01 Å². The molecular formula is C6H10N3. The maximum atomic E-state index is 3.92. The number of nitrogens with zero attached hydrogens (tertiary/aromatic N) is 2. The lowest BCUT2D eigenvalue weighted by molar-refractivity contribution is 0.239. The van der Waals surface area contributed by atoms with Gasteiger partial charge < -0.3 is 0 Å². The molecule has 0 aromatic heterocycles. The highest BCUT2D eigenvalue weighted by atomic mass is 15.7. The zero-order valence-corrected chi connectivity index (χ0v) is 5.46. The van der Waals surface area contributed by atoms with Crippen molar-refractivity contribution < 1.29 is 0 Å². The zero-order valence-electron chi connectivity index (χ0n) is 5.46. The van der Waals surface area contributed by atoms with Crippen LogP contribution in [-0.4, -0.2) is 11.1 Å². The SMILES string of the molecule is CC1=C[N]NN1C1CC1. The normalized spacial score (nSPS) is 25.9. The van der Waals surface area contributed by atoms with Gasteiger partial charge in [0.15, 0.2) is 0 Å². The topological polar surface area (TPSA) is 29.4 Å². The smallest absolute Gasteiger partial charge is 0.0636 e. The Kier molecular flexibility index (Phi) is 0.931. The number of nitrogens with one attached hydrogen (secondary N) is 1. The molecule has 3 heteroatoms. The van der Waals surface area contributed by atoms with E-state index in [1.165, 1.54) is 18.5 Å². The Bertz CT molecular complexity index is 148. The lowest BCUT2D eigenvalue weighted by Gasteiger charge is -2.16. The average Bonchev–Trinajstić information content (AvgIpc) is 2.58. The summed E-state index contributed by atoms with van der Waals surface area (Å²) in [5.74, 6) is 0. The van der Waals surface area contributed by atoms with Crippen molar-refractivity contribution in [1.82, 2.24) is 16.0 Å². The monoisotopic (exact) mass is 124 g/mol. The summed E-state index contributed by atoms with van der Waals surface area (Å²) in [6.07, 6.45) is 4.49. The molecule has 2 rings (SSSR count). The standard InChI is InChI=1S/C6H10N3/c1-5-4-7-8-9(5)6-2-3-6/h4,6,8H,2-3H2,1H3. The lowest BCUT2D eigenvalue weighted by Crippen LogP contribution is -2.35. The molecule has 1 heterocycles. The van der Waals surface area contributed by atoms with Crippen LogP contribution < -0.4 is 11.0 Å². The molecule has 9 heavy (non-hydrogen) atoms. The van der Waals surface area contributed by atoms with E-state index < -0.39 is 0 Å². The van der Waals surface area contributed by atoms with E-state index in [2.05, 4.69) is 22.9 Å². The van der Waals surface area contributed by atoms with Crippen LogP contribution in [0.2, 0.25) is 0 Å². The minimum absolute atomic E-state index is 0.729. The molecule has 49 valence electrons. The summed E-state index contributed by atoms with van der Waals surface area (Å²) in [6, 6.07) is 0.729. The zero-order chi connectivity index (χ0) is 6.27. The molecule has 1 saturated carbocycles. The number of rotatable bonds is 1. The molecule has 1 fully saturated rings. The van der Waals surface area contributed by atoms with Crippen molar-refractivity contribution in [2.24, 2.45) is 0 Å². The molecule has 0 aromatic rings. The number of hydrogen-bond donors (Lipinski definition) is 1. The summed E-state index contributed by atoms with van der Waals surface area (Å²) in [5, 5.41) is 2.12. The number of hydrazine groups is 1. The molecule has 3 nitrogen and oxygen atoms in total. The molecular weight excluding hydrogens is 114 g/mol. The first-order valence-electron chi connectivity index (χ1n) is 3.29. The summed E-state index contributed by atoms with van der Waals surface area (Å²) in [4.78, 5) is 0. The Morgan fingerprint density at radius 3 is 3.00 bits per heavy atom. The molecule has 1 N–H and O–H groups in total. The van der Waals surface area contributed by atoms with Crippen LogP contribution >= 0.6 is 0 Å². The van der Waals surface area contributed by atoms with Gasteiger partial charge in [-0.25, -0.2) is 0 Å². The van der Waals surface area contributed by atoms with Crippen LogP contribution in [0.5, 0.6) is 0 Å². The predicted molar refractivity (Wildman–Crippen MR) is 33.9 cm³/mol. The molecule has 0 bridgehead atoms. The Morgan fingerprint density at radius 2 is 2.56 bits per heavy atom. The Labute approximate surface area is 54.7 Å². The van der Waals surface area contributed by atoms with E-state index in [9.17, 15) is 0 Å². The molecule has 0 aromatic carbocycles. The second kappa shape index (κ2) is 1.64. The molecule has 0 amide bonds. The van der Waals surface area contributed by atoms with Crippen LogP contribution in [0.15, 0.2) is 11.9 Å². The van der Waals surface area contributed by atoms with Crippen molar-refractivity contribution in [3.05, 3.63) is 11.9 Å². The molecule has 0 spiro atoms. The summed E-state index contributed by atoms with van der Waals surface area (Å²) in [5.41, 5.74) is 8.09. The second-order valence-corrected chi connectivity index (χ2v) is 2.60. The van der Waals surface area contributed by atoms with Crippen LogP contribution in [0, 0.1) is 0 Å². The fraction of sp³-hybridized carbons (Fsp3) is 0.667. The molecule has 0 atom stereocenters. The van der Waals surface area contributed by atoms with E-state index in [-0.39, 0.29) is 0 Å². The molecule has 0 unspecified atom stereocenters. The lowest BCUT2D eigenvalue weighted by atomic mass is 10.5. The van der Waals surface area contributed by atoms with E-state index in [1.807, 2.05) is 6.20 Å². The van der Waals surface area contributed by atoms with Crippen molar-refractivity contribution >= 4 is 0 Å². The van der Waals surface area contributed by atoms with Gasteiger partial charge in [0.25, 0.3) is 0 Å². The third-order valence-corrected chi connectivity index (χ3v) is 1.71. The number of hydrogen-bond acceptors (Lipinski definition) is 2. The quantitative estimate of drug-likeness (QED) is 0.546. The fourth-order valence-electron chi connectivity index (χ4n) is 1.03. The molecule has 1 aliphatic heterocycles. The molecule has 0 saturated heterocycles. The third kappa shape index (κ3) is 0.772. The Balaban J connectivity index is 2.03. The summed E-state index contributed by atoms with van der Waals surface area (Å²) < 4.78 is 0. The van der Waals surface area contributed by atoms with Gasteiger partial charge in [-0.2, -0.15) is 5.43 Å². The van der Waals surface area contributed by atoms with Gasteiger partial charge in [0.2, 0.25) is 0 Å². The maximum Gasteiger partial charge on any atom is 0.0636 e. The Hall–Kier alpha value is -0.700. The highest BCUT2D eigenvalue weighted by Gasteiger charge is 2.31. The minimum atomic E-state index is 0.729. The van der Waals surface area contributed by atoms with Gasteiger partial charge in [-0.05, 0) is 19.8 Å². The minimum Gasteiger partial charge on any atom is -0.289 e. The summed E-state index contributed by atoms with van der Waals surface area (Å²) >= 11 is 0. The second-order valence-electron chi connectivity index (χ2n) is 2.60. The Morgan fingerprint density at radius 1 is 1.78 bits per heavy atom. The van der Waals surface area contributed by atoms with E-state index in [0.717, 1.165) is 6.04 Å². The molecule has 1 aliphatic carbocycles. The highest BCUT2D eigenvalue weighted by molar-refractivity contribution is 5.03. The largest absolute Gasteiger partial charge is 0.289 e. The highest BCUT2D eigenvalue weighted by Crippen LogP contribution is 2.28. The molecule has 2 aliphatic rings. The van der Waals surface area contributed by atoms with Crippen LogP contribution in [-0.2, 0) is 0 Å². The summed E-state index contributed by atoms with van der Waals surface area (Å²) in [6.45, 7) is 2.07. The van der Waals surface area contributed by atoms with Crippen molar-refractivity contribution in [1.29, 1.82) is 0 Å². The predicted octanol–water partition coefficient (Wildman–Crippen LogP) is 0.350. The van der Waals surface area contributed by atoms with Gasteiger partial charge >= 0.3 is 0 Å². The third-order valence-electron chi connectivity index (χ3n) is 1.71. The van der Waals surface area contributed by atoms with Crippen molar-refractivity contribution in [3.63, 3.8) is 0 Å². The van der Waals surface area contributed by atoms with E-state index in [0.29, 0.717) is 0 Å². The van der Waals surface area contributed by atoms with E-state index in [1.54, 1.807) is 0 Å². The van der Waals surface area contributed by atoms with Gasteiger partial charge in [-0.15, -0.1) is 5.53 Å². The van der Waals surface area contributed by atoms with Gasteiger partial charge in [-0.1, -0.05) is 0 Å². The number of allylic oxidation sites excluding steroid dienone is 1. The van der Waals surface area contributed by atoms with Crippen LogP contribution in [0.25, 0.3) is 0 Å². The van der Waals surface area contributed by atoms with E-state index in [4.69, 9.17) is 0 Å². The van der Waals surface area contributed by atoms with Gasteiger partial charge in [0, 0.05) is 11.7 Å². The maximum absolute atomic E-state index is 3.92. The fourth-order valence-corrected chi connectivity index (χ4v) is 1.03. The molecule has 1 radical (unpaired) electrons. The van der Waals surface area contributed by atoms with Gasteiger partial charge in [0.05, 0.1) is 6.20 Å². The van der Waals surface area contributed by atoms with Gasteiger partial charge in [0.1, 0.15) is 0 Å². The van der Waals surface area contributed by atoms with Crippen LogP contribution in [0.3, 0.4) is 0 Å². The van der Waals surface area contributed by atoms with Crippen LogP contribution in [0.1, 0.15) is 19.8 Å². The first-order chi connectivity index (χ1) is 4.38. The van der Waals surface area contributed by atoms with Crippen LogP contribution in [0.4, 0.5) is 0 Å². The van der Waals surface area contributed by atoms with Crippen molar-refractivity contribution in [2.75, 3.05) is 0 Å². The first kappa shape index (κ1) is 5.11. The van der Waals surface area contributed by atoms with Crippen molar-refractivity contribution in [3.8, 4) is 0 Å². The van der Waals surface area contributed by atoms with E-state index >= 15 is 0 Å².